The zero-order valence-corrected chi connectivity index (χ0v) is 14.2. The van der Waals surface area contributed by atoms with E-state index in [0.717, 1.165) is 43.2 Å². The minimum atomic E-state index is -0.381. The summed E-state index contributed by atoms with van der Waals surface area (Å²) in [4.78, 5) is 14.6. The summed E-state index contributed by atoms with van der Waals surface area (Å²) in [5, 5.41) is 11.3. The van der Waals surface area contributed by atoms with E-state index in [1.54, 1.807) is 6.26 Å². The van der Waals surface area contributed by atoms with Crippen molar-refractivity contribution in [2.75, 3.05) is 18.0 Å². The number of carbonyl (C=O) groups is 1. The number of aromatic nitrogens is 2. The van der Waals surface area contributed by atoms with Crippen molar-refractivity contribution in [3.8, 4) is 0 Å². The molecule has 0 aliphatic carbocycles. The van der Waals surface area contributed by atoms with Gasteiger partial charge in [0, 0.05) is 13.1 Å². The Hall–Kier alpha value is -2.41. The van der Waals surface area contributed by atoms with Gasteiger partial charge in [-0.05, 0) is 49.9 Å². The monoisotopic (exact) mass is 342 g/mol. The molecule has 0 saturated carbocycles. The van der Waals surface area contributed by atoms with Crippen LogP contribution in [0.2, 0.25) is 0 Å². The molecule has 2 saturated heterocycles. The maximum Gasteiger partial charge on any atom is 0.249 e. The van der Waals surface area contributed by atoms with Gasteiger partial charge < -0.3 is 19.4 Å². The Labute approximate surface area is 146 Å². The van der Waals surface area contributed by atoms with Crippen LogP contribution in [-0.2, 0) is 16.1 Å². The molecule has 4 heterocycles. The molecule has 2 aromatic heterocycles. The third kappa shape index (κ3) is 3.51. The molecule has 0 bridgehead atoms. The molecule has 7 nitrogen and oxygen atoms in total. The molecule has 1 amide bonds. The van der Waals surface area contributed by atoms with Crippen molar-refractivity contribution >= 4 is 11.7 Å². The summed E-state index contributed by atoms with van der Waals surface area (Å²) in [6, 6.07) is 7.61. The van der Waals surface area contributed by atoms with Crippen molar-refractivity contribution in [2.45, 2.75) is 38.5 Å². The van der Waals surface area contributed by atoms with Crippen LogP contribution in [0.15, 0.2) is 34.9 Å². The largest absolute Gasteiger partial charge is 0.467 e. The number of piperidine rings is 1. The normalized spacial score (nSPS) is 25.6. The number of fused-ring (bicyclic) bond motifs is 1. The molecule has 7 heteroatoms. The highest BCUT2D eigenvalue weighted by Gasteiger charge is 2.42. The Morgan fingerprint density at radius 2 is 2.28 bits per heavy atom. The summed E-state index contributed by atoms with van der Waals surface area (Å²) in [5.74, 6) is 1.98. The lowest BCUT2D eigenvalue weighted by Crippen LogP contribution is -2.43. The second-order valence-electron chi connectivity index (χ2n) is 6.72. The number of hydrogen-bond donors (Lipinski definition) is 1. The highest BCUT2D eigenvalue weighted by atomic mass is 16.5. The summed E-state index contributed by atoms with van der Waals surface area (Å²) in [6.45, 7) is 3.99. The molecular formula is C18H22N4O3. The number of nitrogens with zero attached hydrogens (tertiary/aromatic N) is 3. The third-order valence-electron chi connectivity index (χ3n) is 4.97. The van der Waals surface area contributed by atoms with Gasteiger partial charge in [0.1, 0.15) is 11.9 Å². The van der Waals surface area contributed by atoms with Gasteiger partial charge in [0.25, 0.3) is 0 Å². The van der Waals surface area contributed by atoms with Crippen molar-refractivity contribution in [3.63, 3.8) is 0 Å². The van der Waals surface area contributed by atoms with Crippen molar-refractivity contribution in [3.05, 3.63) is 42.0 Å². The van der Waals surface area contributed by atoms with Crippen LogP contribution in [0, 0.1) is 12.8 Å². The third-order valence-corrected chi connectivity index (χ3v) is 4.97. The Morgan fingerprint density at radius 3 is 3.04 bits per heavy atom. The molecule has 4 rings (SSSR count). The van der Waals surface area contributed by atoms with Crippen LogP contribution >= 0.6 is 0 Å². The predicted octanol–water partition coefficient (Wildman–Crippen LogP) is 1.68. The van der Waals surface area contributed by atoms with E-state index in [4.69, 9.17) is 9.15 Å². The number of rotatable bonds is 4. The molecule has 3 atom stereocenters. The number of aryl methyl sites for hydroxylation is 1. The SMILES string of the molecule is Cc1ccc(N2CC[C@H]3C[C@H](C(=O)NCc4ccco4)O[C@@H]3C2)nn1. The number of furan rings is 1. The number of carbonyl (C=O) groups excluding carboxylic acids is 1. The molecule has 25 heavy (non-hydrogen) atoms. The summed E-state index contributed by atoms with van der Waals surface area (Å²) < 4.78 is 11.3. The molecule has 0 unspecified atom stereocenters. The van der Waals surface area contributed by atoms with E-state index in [9.17, 15) is 4.79 Å². The van der Waals surface area contributed by atoms with Gasteiger partial charge in [0.05, 0.1) is 24.6 Å². The zero-order chi connectivity index (χ0) is 17.2. The van der Waals surface area contributed by atoms with E-state index < -0.39 is 0 Å². The summed E-state index contributed by atoms with van der Waals surface area (Å²) in [6.07, 6.45) is 3.07. The molecule has 2 aliphatic heterocycles. The van der Waals surface area contributed by atoms with Crippen LogP contribution in [0.5, 0.6) is 0 Å². The van der Waals surface area contributed by atoms with Crippen molar-refractivity contribution in [1.82, 2.24) is 15.5 Å². The smallest absolute Gasteiger partial charge is 0.249 e. The number of hydrogen-bond acceptors (Lipinski definition) is 6. The fourth-order valence-electron chi connectivity index (χ4n) is 3.57. The lowest BCUT2D eigenvalue weighted by molar-refractivity contribution is -0.132. The second-order valence-corrected chi connectivity index (χ2v) is 6.72. The maximum absolute atomic E-state index is 12.4. The lowest BCUT2D eigenvalue weighted by Gasteiger charge is -2.34. The van der Waals surface area contributed by atoms with Gasteiger partial charge in [-0.3, -0.25) is 4.79 Å². The summed E-state index contributed by atoms with van der Waals surface area (Å²) in [5.41, 5.74) is 0.907. The molecule has 0 spiro atoms. The van der Waals surface area contributed by atoms with E-state index >= 15 is 0 Å². The van der Waals surface area contributed by atoms with Crippen molar-refractivity contribution in [1.29, 1.82) is 0 Å². The molecule has 2 aliphatic rings. The van der Waals surface area contributed by atoms with Crippen LogP contribution in [0.25, 0.3) is 0 Å². The first-order valence-corrected chi connectivity index (χ1v) is 8.70. The average Bonchev–Trinajstić information content (AvgIpc) is 3.29. The molecule has 2 aromatic rings. The Kier molecular flexibility index (Phi) is 4.40. The fourth-order valence-corrected chi connectivity index (χ4v) is 3.57. The second kappa shape index (κ2) is 6.84. The highest BCUT2D eigenvalue weighted by molar-refractivity contribution is 5.81. The zero-order valence-electron chi connectivity index (χ0n) is 14.2. The molecule has 132 valence electrons. The van der Waals surface area contributed by atoms with E-state index in [-0.39, 0.29) is 18.1 Å². The van der Waals surface area contributed by atoms with Crippen LogP contribution in [0.4, 0.5) is 5.82 Å². The average molecular weight is 342 g/mol. The number of anilines is 1. The maximum atomic E-state index is 12.4. The molecule has 1 N–H and O–H groups in total. The lowest BCUT2D eigenvalue weighted by atomic mass is 9.91. The van der Waals surface area contributed by atoms with E-state index in [0.29, 0.717) is 12.5 Å². The van der Waals surface area contributed by atoms with E-state index in [1.807, 2.05) is 31.2 Å². The van der Waals surface area contributed by atoms with Crippen LogP contribution in [0.1, 0.15) is 24.3 Å². The standard InChI is InChI=1S/C18H22N4O3/c1-12-4-5-17(21-20-12)22-7-6-13-9-15(25-16(13)11-22)18(23)19-10-14-3-2-8-24-14/h2-5,8,13,15-16H,6-7,9-11H2,1H3,(H,19,23)/t13-,15+,16+/m0/s1. The highest BCUT2D eigenvalue weighted by Crippen LogP contribution is 2.34. The first kappa shape index (κ1) is 16.1. The summed E-state index contributed by atoms with van der Waals surface area (Å²) >= 11 is 0. The van der Waals surface area contributed by atoms with Gasteiger partial charge in [-0.25, -0.2) is 0 Å². The van der Waals surface area contributed by atoms with Gasteiger partial charge in [0.15, 0.2) is 5.82 Å². The van der Waals surface area contributed by atoms with Crippen LogP contribution in [0.3, 0.4) is 0 Å². The topological polar surface area (TPSA) is 80.5 Å². The Morgan fingerprint density at radius 1 is 1.36 bits per heavy atom. The van der Waals surface area contributed by atoms with Crippen LogP contribution < -0.4 is 10.2 Å². The van der Waals surface area contributed by atoms with Crippen molar-refractivity contribution < 1.29 is 13.9 Å². The fraction of sp³-hybridized carbons (Fsp3) is 0.500. The van der Waals surface area contributed by atoms with Gasteiger partial charge in [-0.2, -0.15) is 5.10 Å². The first-order chi connectivity index (χ1) is 12.2. The predicted molar refractivity (Wildman–Crippen MR) is 90.9 cm³/mol. The molecule has 0 aromatic carbocycles. The number of amides is 1. The van der Waals surface area contributed by atoms with Crippen molar-refractivity contribution in [2.24, 2.45) is 5.92 Å². The van der Waals surface area contributed by atoms with Gasteiger partial charge in [-0.1, -0.05) is 0 Å². The summed E-state index contributed by atoms with van der Waals surface area (Å²) in [7, 11) is 0. The molecule has 0 radical (unpaired) electrons. The van der Waals surface area contributed by atoms with Gasteiger partial charge >= 0.3 is 0 Å². The minimum absolute atomic E-state index is 0.0625. The molecular weight excluding hydrogens is 320 g/mol. The molecule has 2 fully saturated rings. The van der Waals surface area contributed by atoms with Gasteiger partial charge in [-0.15, -0.1) is 5.10 Å². The first-order valence-electron chi connectivity index (χ1n) is 8.70. The van der Waals surface area contributed by atoms with E-state index in [2.05, 4.69) is 20.4 Å². The Balaban J connectivity index is 1.33. The minimum Gasteiger partial charge on any atom is -0.467 e. The van der Waals surface area contributed by atoms with Crippen LogP contribution in [-0.4, -0.2) is 41.4 Å². The number of ether oxygens (including phenoxy) is 1. The van der Waals surface area contributed by atoms with E-state index in [1.165, 1.54) is 0 Å². The number of nitrogens with one attached hydrogen (secondary N) is 1. The quantitative estimate of drug-likeness (QED) is 0.910. The Bertz CT molecular complexity index is 716. The van der Waals surface area contributed by atoms with Gasteiger partial charge in [0.2, 0.25) is 5.91 Å².